The Morgan fingerprint density at radius 2 is 0.901 bits per heavy atom. The van der Waals surface area contributed by atoms with E-state index in [2.05, 4.69) is 85.0 Å². The molecule has 0 aliphatic carbocycles. The molecule has 2 aliphatic rings. The van der Waals surface area contributed by atoms with Crippen LogP contribution in [-0.4, -0.2) is 68.0 Å². The van der Waals surface area contributed by atoms with Gasteiger partial charge in [0.25, 0.3) is 0 Å². The topological polar surface area (TPSA) is 85.9 Å². The van der Waals surface area contributed by atoms with E-state index < -0.39 is 36.5 Å². The smallest absolute Gasteiger partial charge is 0.187 e. The van der Waals surface area contributed by atoms with Gasteiger partial charge in [0.1, 0.15) is 30.5 Å². The first kappa shape index (κ1) is 54.5. The fraction of sp³-hybridized carbons (Fsp3) is 0.516. The second-order valence-corrected chi connectivity index (χ2v) is 19.9. The quantitative estimate of drug-likeness (QED) is 0.0413. The van der Waals surface area contributed by atoms with E-state index in [-0.39, 0.29) is 31.5 Å². The lowest BCUT2D eigenvalue weighted by molar-refractivity contribution is -0.330. The summed E-state index contributed by atoms with van der Waals surface area (Å²) < 4.78 is 55.3. The van der Waals surface area contributed by atoms with Crippen LogP contribution in [0.2, 0.25) is 0 Å². The van der Waals surface area contributed by atoms with Crippen molar-refractivity contribution in [2.75, 3.05) is 13.2 Å². The molecular weight excluding hydrogens is 887 g/mol. The van der Waals surface area contributed by atoms with Crippen LogP contribution in [0.1, 0.15) is 132 Å². The highest BCUT2D eigenvalue weighted by Gasteiger charge is 2.50. The lowest BCUT2D eigenvalue weighted by atomic mass is 9.97. The molecule has 5 aromatic carbocycles. The van der Waals surface area contributed by atoms with Crippen molar-refractivity contribution < 1.29 is 37.9 Å². The van der Waals surface area contributed by atoms with Crippen molar-refractivity contribution in [1.82, 2.24) is 5.32 Å². The van der Waals surface area contributed by atoms with E-state index >= 15 is 0 Å². The first-order valence-electron chi connectivity index (χ1n) is 26.9. The van der Waals surface area contributed by atoms with Crippen molar-refractivity contribution >= 4 is 0 Å². The lowest BCUT2D eigenvalue weighted by Crippen LogP contribution is -2.62. The Bertz CT molecular complexity index is 2110. The molecule has 0 spiro atoms. The molecule has 7 rings (SSSR count). The van der Waals surface area contributed by atoms with Crippen molar-refractivity contribution in [1.29, 1.82) is 0 Å². The first-order valence-corrected chi connectivity index (χ1v) is 26.9. The van der Waals surface area contributed by atoms with Crippen LogP contribution in [0, 0.1) is 0 Å². The molecule has 2 aliphatic heterocycles. The lowest BCUT2D eigenvalue weighted by Gasteiger charge is -2.46. The van der Waals surface area contributed by atoms with Gasteiger partial charge in [0.05, 0.1) is 51.8 Å². The van der Waals surface area contributed by atoms with Crippen molar-refractivity contribution in [2.45, 2.75) is 192 Å². The highest BCUT2D eigenvalue weighted by Crippen LogP contribution is 2.35. The Morgan fingerprint density at radius 3 is 1.41 bits per heavy atom. The molecule has 9 nitrogen and oxygen atoms in total. The van der Waals surface area contributed by atoms with E-state index in [0.717, 1.165) is 35.1 Å². The maximum atomic E-state index is 7.13. The molecule has 0 radical (unpaired) electrons. The normalized spacial score (nSPS) is 22.4. The molecule has 384 valence electrons. The Morgan fingerprint density at radius 1 is 0.465 bits per heavy atom. The fourth-order valence-corrected chi connectivity index (χ4v) is 9.81. The van der Waals surface area contributed by atoms with Crippen molar-refractivity contribution in [3.05, 3.63) is 179 Å². The summed E-state index contributed by atoms with van der Waals surface area (Å²) in [5, 5.41) is 3.87. The number of ether oxygens (including phenoxy) is 8. The van der Waals surface area contributed by atoms with E-state index in [1.165, 1.54) is 76.2 Å². The monoisotopic (exact) mass is 970 g/mol. The molecule has 0 bridgehead atoms. The molecule has 0 amide bonds. The molecule has 0 aromatic heterocycles. The zero-order valence-corrected chi connectivity index (χ0v) is 43.0. The largest absolute Gasteiger partial charge is 0.374 e. The van der Waals surface area contributed by atoms with Gasteiger partial charge >= 0.3 is 0 Å². The maximum Gasteiger partial charge on any atom is 0.187 e. The van der Waals surface area contributed by atoms with Gasteiger partial charge in [0.15, 0.2) is 12.1 Å². The molecule has 9 heteroatoms. The van der Waals surface area contributed by atoms with Gasteiger partial charge in [-0.1, -0.05) is 236 Å². The molecule has 71 heavy (non-hydrogen) atoms. The molecule has 1 N–H and O–H groups in total. The summed E-state index contributed by atoms with van der Waals surface area (Å²) in [4.78, 5) is 0. The Labute approximate surface area is 426 Å². The van der Waals surface area contributed by atoms with Crippen LogP contribution in [0.5, 0.6) is 0 Å². The average molecular weight is 970 g/mol. The molecular formula is C62H83NO8. The van der Waals surface area contributed by atoms with E-state index in [1.54, 1.807) is 0 Å². The van der Waals surface area contributed by atoms with Gasteiger partial charge in [-0.15, -0.1) is 0 Å². The molecule has 0 unspecified atom stereocenters. The minimum absolute atomic E-state index is 0.112. The van der Waals surface area contributed by atoms with Gasteiger partial charge in [0.2, 0.25) is 0 Å². The minimum Gasteiger partial charge on any atom is -0.374 e. The Balaban J connectivity index is 1.12. The van der Waals surface area contributed by atoms with Crippen molar-refractivity contribution in [2.24, 2.45) is 0 Å². The minimum atomic E-state index is -0.854. The summed E-state index contributed by atoms with van der Waals surface area (Å²) in [5.41, 5.74) is 5.37. The van der Waals surface area contributed by atoms with Gasteiger partial charge in [0, 0.05) is 6.54 Å². The first-order chi connectivity index (χ1) is 34.9. The zero-order valence-electron chi connectivity index (χ0n) is 43.0. The van der Waals surface area contributed by atoms with Crippen molar-refractivity contribution in [3.63, 3.8) is 0 Å². The predicted octanol–water partition coefficient (Wildman–Crippen LogP) is 13.5. The molecule has 2 saturated heterocycles. The zero-order chi connectivity index (χ0) is 49.2. The van der Waals surface area contributed by atoms with E-state index in [0.29, 0.717) is 33.0 Å². The number of nitrogens with one attached hydrogen (secondary N) is 1. The summed E-state index contributed by atoms with van der Waals surface area (Å²) in [6.07, 6.45) is 12.9. The van der Waals surface area contributed by atoms with Crippen LogP contribution in [0.15, 0.2) is 152 Å². The highest BCUT2D eigenvalue weighted by atomic mass is 16.8. The standard InChI is InChI=1S/C62H83NO8/c1-4-5-6-7-8-9-10-11-12-13-14-30-41-55-57(71-62(2,3)70-55)54(63-42-49-31-20-15-21-32-49)47-68-61-60(67-46-53-39-28-19-29-40-53)59(66-45-52-37-26-18-27-38-52)58(65-44-51-35-24-17-25-36-51)56(69-61)48-64-43-50-33-22-16-23-34-50/h15-29,31-40,54-61,63H,4-14,30,41-48H2,1-3H3/t54-,55+,56+,57-,58-,59-,60+,61-/m0/s1. The van der Waals surface area contributed by atoms with Gasteiger partial charge in [-0.25, -0.2) is 0 Å². The van der Waals surface area contributed by atoms with Crippen LogP contribution in [0.3, 0.4) is 0 Å². The van der Waals surface area contributed by atoms with Crippen LogP contribution < -0.4 is 5.32 Å². The molecule has 2 fully saturated rings. The third-order valence-electron chi connectivity index (χ3n) is 13.7. The highest BCUT2D eigenvalue weighted by molar-refractivity contribution is 5.17. The van der Waals surface area contributed by atoms with Crippen molar-refractivity contribution in [3.8, 4) is 0 Å². The summed E-state index contributed by atoms with van der Waals surface area (Å²) in [6.45, 7) is 8.92. The van der Waals surface area contributed by atoms with E-state index in [1.807, 2.05) is 92.7 Å². The average Bonchev–Trinajstić information content (AvgIpc) is 3.72. The van der Waals surface area contributed by atoms with E-state index in [9.17, 15) is 0 Å². The number of hydrogen-bond acceptors (Lipinski definition) is 9. The predicted molar refractivity (Wildman–Crippen MR) is 282 cm³/mol. The van der Waals surface area contributed by atoms with Crippen LogP contribution in [-0.2, 0) is 70.9 Å². The fourth-order valence-electron chi connectivity index (χ4n) is 9.81. The van der Waals surface area contributed by atoms with Crippen LogP contribution in [0.25, 0.3) is 0 Å². The van der Waals surface area contributed by atoms with Gasteiger partial charge in [-0.2, -0.15) is 0 Å². The maximum absolute atomic E-state index is 7.13. The number of benzene rings is 5. The Hall–Kier alpha value is -4.26. The molecule has 0 saturated carbocycles. The number of unbranched alkanes of at least 4 members (excludes halogenated alkanes) is 11. The summed E-state index contributed by atoms with van der Waals surface area (Å²) >= 11 is 0. The molecule has 8 atom stereocenters. The van der Waals surface area contributed by atoms with Gasteiger partial charge < -0.3 is 43.2 Å². The van der Waals surface area contributed by atoms with Gasteiger partial charge in [-0.3, -0.25) is 0 Å². The number of hydrogen-bond donors (Lipinski definition) is 1. The van der Waals surface area contributed by atoms with Crippen LogP contribution in [0.4, 0.5) is 0 Å². The summed E-state index contributed by atoms with van der Waals surface area (Å²) in [6, 6.07) is 51.1. The number of rotatable bonds is 33. The third-order valence-corrected chi connectivity index (χ3v) is 13.7. The summed E-state index contributed by atoms with van der Waals surface area (Å²) in [7, 11) is 0. The van der Waals surface area contributed by atoms with E-state index in [4.69, 9.17) is 37.9 Å². The van der Waals surface area contributed by atoms with Gasteiger partial charge in [-0.05, 0) is 48.1 Å². The summed E-state index contributed by atoms with van der Waals surface area (Å²) in [5.74, 6) is -0.747. The molecule has 5 aromatic rings. The van der Waals surface area contributed by atoms with Crippen LogP contribution >= 0.6 is 0 Å². The second kappa shape index (κ2) is 30.7. The Kier molecular flexibility index (Phi) is 23.6. The molecule has 2 heterocycles. The SMILES string of the molecule is CCCCCCCCCCCCCC[C@H]1OC(C)(C)O[C@H]1[C@H](CO[C@H]1O[C@H](COCc2ccccc2)[C@H](OCc2ccccc2)[C@H](OCc2ccccc2)[C@H]1OCc1ccccc1)NCc1ccccc1. The third kappa shape index (κ3) is 18.9. The second-order valence-electron chi connectivity index (χ2n) is 19.9.